The molecule has 0 saturated heterocycles. The van der Waals surface area contributed by atoms with Crippen molar-refractivity contribution in [1.29, 1.82) is 0 Å². The van der Waals surface area contributed by atoms with Gasteiger partial charge in [-0.2, -0.15) is 0 Å². The van der Waals surface area contributed by atoms with Gasteiger partial charge in [0.15, 0.2) is 0 Å². The Hall–Kier alpha value is -1.36. The van der Waals surface area contributed by atoms with Crippen molar-refractivity contribution >= 4 is 14.3 Å². The van der Waals surface area contributed by atoms with Crippen molar-refractivity contribution in [3.8, 4) is 12.3 Å². The highest BCUT2D eigenvalue weighted by atomic mass is 31.1. The molecule has 1 aliphatic carbocycles. The number of allylic oxidation sites excluding steroid dienone is 3. The van der Waals surface area contributed by atoms with Crippen LogP contribution in [0.2, 0.25) is 0 Å². The van der Waals surface area contributed by atoms with Gasteiger partial charge >= 0.3 is 0 Å². The molecular formula is C26H44N3P. The van der Waals surface area contributed by atoms with Crippen LogP contribution in [0.3, 0.4) is 0 Å². The van der Waals surface area contributed by atoms with Gasteiger partial charge in [-0.1, -0.05) is 43.6 Å². The van der Waals surface area contributed by atoms with Crippen molar-refractivity contribution in [2.45, 2.75) is 78.7 Å². The third-order valence-electron chi connectivity index (χ3n) is 5.94. The van der Waals surface area contributed by atoms with E-state index in [1.165, 1.54) is 50.3 Å². The Morgan fingerprint density at radius 1 is 1.23 bits per heavy atom. The first-order valence-corrected chi connectivity index (χ1v) is 13.0. The minimum absolute atomic E-state index is 0.329. The molecule has 4 heteroatoms. The van der Waals surface area contributed by atoms with E-state index in [1.54, 1.807) is 5.57 Å². The van der Waals surface area contributed by atoms with E-state index in [1.807, 2.05) is 0 Å². The summed E-state index contributed by atoms with van der Waals surface area (Å²) in [5, 5.41) is 3.36. The maximum absolute atomic E-state index is 5.96. The number of nitrogens with zero attached hydrogens (tertiary/aromatic N) is 1. The number of hydrogen-bond donors (Lipinski definition) is 2. The molecule has 1 saturated carbocycles. The van der Waals surface area contributed by atoms with Crippen LogP contribution in [0.15, 0.2) is 40.7 Å². The molecule has 0 spiro atoms. The maximum atomic E-state index is 5.96. The van der Waals surface area contributed by atoms with Gasteiger partial charge in [0.2, 0.25) is 0 Å². The molecule has 168 valence electrons. The zero-order chi connectivity index (χ0) is 22.5. The highest BCUT2D eigenvalue weighted by Crippen LogP contribution is 2.36. The van der Waals surface area contributed by atoms with E-state index >= 15 is 0 Å². The molecule has 0 aromatic carbocycles. The van der Waals surface area contributed by atoms with E-state index in [-0.39, 0.29) is 0 Å². The zero-order valence-corrected chi connectivity index (χ0v) is 20.8. The lowest BCUT2D eigenvalue weighted by Crippen LogP contribution is -2.27. The summed E-state index contributed by atoms with van der Waals surface area (Å²) < 4.78 is 0. The molecule has 0 amide bonds. The minimum atomic E-state index is 0.329. The second-order valence-electron chi connectivity index (χ2n) is 8.99. The summed E-state index contributed by atoms with van der Waals surface area (Å²) >= 11 is 0. The van der Waals surface area contributed by atoms with Gasteiger partial charge in [-0.15, -0.1) is 15.0 Å². The molecule has 1 unspecified atom stereocenters. The first kappa shape index (κ1) is 26.7. The predicted molar refractivity (Wildman–Crippen MR) is 138 cm³/mol. The Labute approximate surface area is 187 Å². The van der Waals surface area contributed by atoms with Crippen molar-refractivity contribution in [1.82, 2.24) is 5.32 Å². The second kappa shape index (κ2) is 14.6. The average Bonchev–Trinajstić information content (AvgIpc) is 2.71. The van der Waals surface area contributed by atoms with Gasteiger partial charge in [0, 0.05) is 24.4 Å². The number of nitrogens with one attached hydrogen (secondary N) is 1. The molecule has 0 bridgehead atoms. The van der Waals surface area contributed by atoms with Crippen molar-refractivity contribution < 1.29 is 0 Å². The lowest BCUT2D eigenvalue weighted by atomic mass is 9.79. The largest absolute Gasteiger partial charge is 0.382 e. The summed E-state index contributed by atoms with van der Waals surface area (Å²) in [6.45, 7) is 17.5. The van der Waals surface area contributed by atoms with Crippen LogP contribution in [0.4, 0.5) is 0 Å². The number of rotatable bonds is 13. The van der Waals surface area contributed by atoms with Gasteiger partial charge in [-0.05, 0) is 77.3 Å². The highest BCUT2D eigenvalue weighted by molar-refractivity contribution is 7.39. The van der Waals surface area contributed by atoms with Gasteiger partial charge < -0.3 is 11.1 Å². The van der Waals surface area contributed by atoms with Crippen molar-refractivity contribution in [2.75, 3.05) is 18.9 Å². The molecule has 3 N–H and O–H groups in total. The van der Waals surface area contributed by atoms with Gasteiger partial charge in [0.05, 0.1) is 5.71 Å². The summed E-state index contributed by atoms with van der Waals surface area (Å²) in [4.78, 5) is 4.53. The molecule has 0 radical (unpaired) electrons. The van der Waals surface area contributed by atoms with Crippen LogP contribution in [0, 0.1) is 24.2 Å². The van der Waals surface area contributed by atoms with Crippen LogP contribution in [0.25, 0.3) is 0 Å². The molecule has 30 heavy (non-hydrogen) atoms. The Morgan fingerprint density at radius 2 is 1.87 bits per heavy atom. The Balaban J connectivity index is 2.49. The monoisotopic (exact) mass is 429 g/mol. The van der Waals surface area contributed by atoms with Crippen LogP contribution in [0.5, 0.6) is 0 Å². The number of aliphatic imine (C=N–C) groups is 1. The van der Waals surface area contributed by atoms with E-state index in [2.05, 4.69) is 57.1 Å². The highest BCUT2D eigenvalue weighted by Gasteiger charge is 2.22. The Kier molecular flexibility index (Phi) is 13.0. The van der Waals surface area contributed by atoms with Crippen molar-refractivity contribution in [2.24, 2.45) is 22.6 Å². The summed E-state index contributed by atoms with van der Waals surface area (Å²) in [6, 6.07) is 0.329. The maximum Gasteiger partial charge on any atom is 0.106 e. The Morgan fingerprint density at radius 3 is 2.40 bits per heavy atom. The number of hydrogen-bond acceptors (Lipinski definition) is 3. The standard InChI is InChI=1S/C26H44N3P/c1-8-10-25(16-27)20(5)15-23-11-13-24(14-12-23)17-30-18-26(29-21(6)9-2)22(7)28-19(3)4/h2,19,23-24,28,30H,6-8,10-18,27H2,1,3-5H3/b25-20+,29-26+. The van der Waals surface area contributed by atoms with E-state index in [0.29, 0.717) is 11.7 Å². The van der Waals surface area contributed by atoms with Crippen LogP contribution < -0.4 is 11.1 Å². The van der Waals surface area contributed by atoms with Crippen LogP contribution in [0.1, 0.15) is 72.6 Å². The fourth-order valence-corrected chi connectivity index (χ4v) is 5.73. The zero-order valence-electron chi connectivity index (χ0n) is 19.8. The van der Waals surface area contributed by atoms with Gasteiger partial charge in [0.25, 0.3) is 0 Å². The molecule has 1 rings (SSSR count). The number of nitrogens with two attached hydrogens (primary N) is 1. The van der Waals surface area contributed by atoms with E-state index in [0.717, 1.165) is 51.0 Å². The normalized spacial score (nSPS) is 20.9. The first-order chi connectivity index (χ1) is 14.3. The topological polar surface area (TPSA) is 50.4 Å². The van der Waals surface area contributed by atoms with Crippen molar-refractivity contribution in [3.05, 3.63) is 35.7 Å². The molecular weight excluding hydrogens is 385 g/mol. The first-order valence-electron chi connectivity index (χ1n) is 11.6. The van der Waals surface area contributed by atoms with Gasteiger partial charge in [-0.3, -0.25) is 0 Å². The fraction of sp³-hybridized carbons (Fsp3) is 0.654. The third kappa shape index (κ3) is 10.1. The molecule has 1 fully saturated rings. The molecule has 1 aliphatic rings. The lowest BCUT2D eigenvalue weighted by molar-refractivity contribution is 0.291. The van der Waals surface area contributed by atoms with E-state index < -0.39 is 0 Å². The number of terminal acetylenes is 1. The molecule has 1 atom stereocenters. The summed E-state index contributed by atoms with van der Waals surface area (Å²) in [6.07, 6.45) is 16.7. The smallest absolute Gasteiger partial charge is 0.106 e. The third-order valence-corrected chi connectivity index (χ3v) is 7.39. The summed E-state index contributed by atoms with van der Waals surface area (Å²) in [5.41, 5.74) is 11.3. The molecule has 0 aromatic heterocycles. The van der Waals surface area contributed by atoms with Crippen molar-refractivity contribution in [3.63, 3.8) is 0 Å². The van der Waals surface area contributed by atoms with Crippen LogP contribution in [-0.2, 0) is 0 Å². The predicted octanol–water partition coefficient (Wildman–Crippen LogP) is 6.04. The van der Waals surface area contributed by atoms with E-state index in [9.17, 15) is 0 Å². The second-order valence-corrected chi connectivity index (χ2v) is 10.2. The summed E-state index contributed by atoms with van der Waals surface area (Å²) in [5.74, 6) is 4.21. The summed E-state index contributed by atoms with van der Waals surface area (Å²) in [7, 11) is 0.851. The SMILES string of the molecule is C#CC(=C)/N=C(\CPCC1CCC(C/C(C)=C(/CN)CCC)CC1)C(=C)NC(C)C. The molecule has 0 aromatic rings. The minimum Gasteiger partial charge on any atom is -0.382 e. The molecule has 0 heterocycles. The quantitative estimate of drug-likeness (QED) is 0.162. The van der Waals surface area contributed by atoms with Gasteiger partial charge in [-0.25, -0.2) is 4.99 Å². The van der Waals surface area contributed by atoms with Gasteiger partial charge in [0.1, 0.15) is 5.70 Å². The lowest BCUT2D eigenvalue weighted by Gasteiger charge is -2.29. The molecule has 0 aliphatic heterocycles. The Bertz CT molecular complexity index is 658. The van der Waals surface area contributed by atoms with Crippen LogP contribution >= 0.6 is 8.58 Å². The van der Waals surface area contributed by atoms with Crippen LogP contribution in [-0.4, -0.2) is 30.6 Å². The molecule has 3 nitrogen and oxygen atoms in total. The van der Waals surface area contributed by atoms with E-state index in [4.69, 9.17) is 12.2 Å². The average molecular weight is 430 g/mol. The fourth-order valence-electron chi connectivity index (χ4n) is 4.24.